The molecule has 5 heteroatoms. The highest BCUT2D eigenvalue weighted by atomic mass is 32.1. The average Bonchev–Trinajstić information content (AvgIpc) is 2.20. The van der Waals surface area contributed by atoms with Crippen molar-refractivity contribution < 1.29 is 9.18 Å². The first kappa shape index (κ1) is 11.6. The second-order valence-corrected chi connectivity index (χ2v) is 3.40. The Bertz CT molecular complexity index is 406. The van der Waals surface area contributed by atoms with Crippen LogP contribution in [-0.4, -0.2) is 10.9 Å². The number of hydrogen-bond donors (Lipinski definition) is 2. The van der Waals surface area contributed by atoms with Gasteiger partial charge in [-0.25, -0.2) is 4.39 Å². The zero-order valence-corrected chi connectivity index (χ0v) is 9.03. The lowest BCUT2D eigenvalue weighted by molar-refractivity contribution is -0.115. The first-order valence-electron chi connectivity index (χ1n) is 4.43. The molecule has 0 heterocycles. The molecule has 0 aliphatic carbocycles. The Morgan fingerprint density at radius 3 is 2.73 bits per heavy atom. The summed E-state index contributed by atoms with van der Waals surface area (Å²) >= 11 is 4.70. The minimum atomic E-state index is -0.540. The minimum Gasteiger partial charge on any atom is -0.389 e. The van der Waals surface area contributed by atoms with E-state index in [1.54, 1.807) is 13.0 Å². The quantitative estimate of drug-likeness (QED) is 0.773. The van der Waals surface area contributed by atoms with Crippen LogP contribution in [0.5, 0.6) is 0 Å². The van der Waals surface area contributed by atoms with Crippen LogP contribution in [0, 0.1) is 5.82 Å². The summed E-state index contributed by atoms with van der Waals surface area (Å²) in [4.78, 5) is 11.2. The fourth-order valence-corrected chi connectivity index (χ4v) is 1.14. The van der Waals surface area contributed by atoms with Crippen LogP contribution in [-0.2, 0) is 4.79 Å². The fourth-order valence-electron chi connectivity index (χ4n) is 1.01. The Hall–Kier alpha value is -1.49. The summed E-state index contributed by atoms with van der Waals surface area (Å²) in [6, 6.07) is 4.21. The first-order valence-corrected chi connectivity index (χ1v) is 4.84. The van der Waals surface area contributed by atoms with Gasteiger partial charge in [-0.05, 0) is 18.2 Å². The van der Waals surface area contributed by atoms with Crippen LogP contribution in [0.4, 0.5) is 10.1 Å². The summed E-state index contributed by atoms with van der Waals surface area (Å²) in [5.41, 5.74) is 5.92. The largest absolute Gasteiger partial charge is 0.389 e. The Morgan fingerprint density at radius 2 is 2.27 bits per heavy atom. The zero-order chi connectivity index (χ0) is 11.4. The summed E-state index contributed by atoms with van der Waals surface area (Å²) in [6.45, 7) is 1.69. The van der Waals surface area contributed by atoms with Crippen molar-refractivity contribution in [2.24, 2.45) is 5.73 Å². The summed E-state index contributed by atoms with van der Waals surface area (Å²) in [5.74, 6) is -0.779. The second-order valence-electron chi connectivity index (χ2n) is 2.96. The molecule has 0 aliphatic rings. The molecule has 0 saturated carbocycles. The number of nitrogens with one attached hydrogen (secondary N) is 1. The second kappa shape index (κ2) is 4.84. The highest BCUT2D eigenvalue weighted by Gasteiger charge is 2.07. The highest BCUT2D eigenvalue weighted by molar-refractivity contribution is 7.80. The van der Waals surface area contributed by atoms with Crippen LogP contribution >= 0.6 is 12.2 Å². The average molecular weight is 226 g/mol. The minimum absolute atomic E-state index is 0.127. The lowest BCUT2D eigenvalue weighted by Crippen LogP contribution is -2.13. The number of carbonyl (C=O) groups is 1. The third kappa shape index (κ3) is 2.99. The van der Waals surface area contributed by atoms with Crippen LogP contribution in [0.3, 0.4) is 0 Å². The molecule has 0 radical (unpaired) electrons. The molecule has 1 aromatic rings. The van der Waals surface area contributed by atoms with Crippen molar-refractivity contribution in [2.75, 3.05) is 5.32 Å². The van der Waals surface area contributed by atoms with Crippen molar-refractivity contribution in [1.29, 1.82) is 0 Å². The molecule has 0 unspecified atom stereocenters. The van der Waals surface area contributed by atoms with Gasteiger partial charge < -0.3 is 11.1 Å². The smallest absolute Gasteiger partial charge is 0.224 e. The number of anilines is 1. The number of hydrogen-bond acceptors (Lipinski definition) is 2. The van der Waals surface area contributed by atoms with E-state index in [9.17, 15) is 9.18 Å². The van der Waals surface area contributed by atoms with Crippen molar-refractivity contribution in [1.82, 2.24) is 0 Å². The Morgan fingerprint density at radius 1 is 1.60 bits per heavy atom. The Balaban J connectivity index is 2.93. The molecule has 0 aromatic heterocycles. The summed E-state index contributed by atoms with van der Waals surface area (Å²) in [7, 11) is 0. The molecule has 0 saturated heterocycles. The van der Waals surface area contributed by atoms with Crippen molar-refractivity contribution in [3.05, 3.63) is 29.6 Å². The molecule has 1 rings (SSSR count). The van der Waals surface area contributed by atoms with Crippen molar-refractivity contribution >= 4 is 28.8 Å². The van der Waals surface area contributed by atoms with E-state index < -0.39 is 5.82 Å². The molecule has 1 aromatic carbocycles. The van der Waals surface area contributed by atoms with E-state index in [4.69, 9.17) is 18.0 Å². The molecular formula is C10H11FN2OS. The topological polar surface area (TPSA) is 55.1 Å². The van der Waals surface area contributed by atoms with Crippen LogP contribution in [0.25, 0.3) is 0 Å². The van der Waals surface area contributed by atoms with E-state index in [1.807, 2.05) is 0 Å². The summed E-state index contributed by atoms with van der Waals surface area (Å²) in [6.07, 6.45) is 0.302. The molecule has 0 fully saturated rings. The van der Waals surface area contributed by atoms with Gasteiger partial charge in [-0.1, -0.05) is 19.1 Å². The highest BCUT2D eigenvalue weighted by Crippen LogP contribution is 2.15. The van der Waals surface area contributed by atoms with Gasteiger partial charge in [-0.15, -0.1) is 0 Å². The van der Waals surface area contributed by atoms with Crippen molar-refractivity contribution in [3.8, 4) is 0 Å². The predicted molar refractivity (Wildman–Crippen MR) is 61.2 cm³/mol. The third-order valence-electron chi connectivity index (χ3n) is 1.85. The third-order valence-corrected chi connectivity index (χ3v) is 2.08. The van der Waals surface area contributed by atoms with E-state index in [2.05, 4.69) is 5.32 Å². The normalized spacial score (nSPS) is 9.73. The van der Waals surface area contributed by atoms with Gasteiger partial charge in [-0.3, -0.25) is 4.79 Å². The van der Waals surface area contributed by atoms with E-state index in [1.165, 1.54) is 12.1 Å². The molecule has 1 amide bonds. The molecule has 0 bridgehead atoms. The molecule has 0 aliphatic heterocycles. The maximum atomic E-state index is 13.4. The lowest BCUT2D eigenvalue weighted by atomic mass is 10.2. The molecule has 0 spiro atoms. The van der Waals surface area contributed by atoms with Crippen LogP contribution < -0.4 is 11.1 Å². The Labute approximate surface area is 92.5 Å². The van der Waals surface area contributed by atoms with Gasteiger partial charge >= 0.3 is 0 Å². The van der Waals surface area contributed by atoms with E-state index in [0.717, 1.165) is 0 Å². The van der Waals surface area contributed by atoms with Gasteiger partial charge in [0.25, 0.3) is 0 Å². The number of rotatable bonds is 3. The molecule has 3 N–H and O–H groups in total. The monoisotopic (exact) mass is 226 g/mol. The maximum Gasteiger partial charge on any atom is 0.224 e. The molecule has 3 nitrogen and oxygen atoms in total. The van der Waals surface area contributed by atoms with Gasteiger partial charge in [0.1, 0.15) is 10.8 Å². The standard InChI is InChI=1S/C10H11FN2OS/c1-2-9(14)13-8-4-3-6(10(12)15)5-7(8)11/h3-5H,2H2,1H3,(H2,12,15)(H,13,14). The fraction of sp³-hybridized carbons (Fsp3) is 0.200. The van der Waals surface area contributed by atoms with Crippen molar-refractivity contribution in [2.45, 2.75) is 13.3 Å². The number of nitrogens with two attached hydrogens (primary N) is 1. The number of halogens is 1. The van der Waals surface area contributed by atoms with Crippen LogP contribution in [0.1, 0.15) is 18.9 Å². The van der Waals surface area contributed by atoms with Gasteiger partial charge in [0.2, 0.25) is 5.91 Å². The Kier molecular flexibility index (Phi) is 3.74. The number of carbonyl (C=O) groups excluding carboxylic acids is 1. The number of amides is 1. The molecule has 15 heavy (non-hydrogen) atoms. The number of thiocarbonyl (C=S) groups is 1. The maximum absolute atomic E-state index is 13.4. The van der Waals surface area contributed by atoms with E-state index >= 15 is 0 Å². The van der Waals surface area contributed by atoms with Gasteiger partial charge in [-0.2, -0.15) is 0 Å². The van der Waals surface area contributed by atoms with Crippen LogP contribution in [0.15, 0.2) is 18.2 Å². The van der Waals surface area contributed by atoms with E-state index in [-0.39, 0.29) is 16.6 Å². The van der Waals surface area contributed by atoms with Gasteiger partial charge in [0.15, 0.2) is 0 Å². The van der Waals surface area contributed by atoms with Gasteiger partial charge in [0.05, 0.1) is 5.69 Å². The molecular weight excluding hydrogens is 215 g/mol. The van der Waals surface area contributed by atoms with Gasteiger partial charge in [0, 0.05) is 12.0 Å². The predicted octanol–water partition coefficient (Wildman–Crippen LogP) is 1.81. The van der Waals surface area contributed by atoms with Crippen LogP contribution in [0.2, 0.25) is 0 Å². The molecule has 0 atom stereocenters. The zero-order valence-electron chi connectivity index (χ0n) is 8.21. The number of benzene rings is 1. The lowest BCUT2D eigenvalue weighted by Gasteiger charge is -2.06. The SMILES string of the molecule is CCC(=O)Nc1ccc(C(N)=S)cc1F. The first-order chi connectivity index (χ1) is 7.04. The summed E-state index contributed by atoms with van der Waals surface area (Å²) in [5, 5.41) is 2.43. The van der Waals surface area contributed by atoms with E-state index in [0.29, 0.717) is 12.0 Å². The van der Waals surface area contributed by atoms with Crippen molar-refractivity contribution in [3.63, 3.8) is 0 Å². The summed E-state index contributed by atoms with van der Waals surface area (Å²) < 4.78 is 13.4. The molecule has 80 valence electrons.